The standard InChI is InChI=1S/C17H27NO3/c1-13-5-6-16(9-14(13)2)20-8-4-7-18-10-15(3)21-17(11-18)12-19/h5-6,9,15,17,19H,4,7-8,10-12H2,1-3H3. The Kier molecular flexibility index (Phi) is 6.03. The summed E-state index contributed by atoms with van der Waals surface area (Å²) >= 11 is 0. The quantitative estimate of drug-likeness (QED) is 0.816. The molecule has 0 aliphatic carbocycles. The zero-order valence-electron chi connectivity index (χ0n) is 13.3. The van der Waals surface area contributed by atoms with Gasteiger partial charge in [0.15, 0.2) is 0 Å². The molecule has 1 saturated heterocycles. The minimum atomic E-state index is -0.0468. The van der Waals surface area contributed by atoms with Crippen molar-refractivity contribution in [1.82, 2.24) is 4.90 Å². The van der Waals surface area contributed by atoms with Crippen LogP contribution < -0.4 is 4.74 Å². The highest BCUT2D eigenvalue weighted by Gasteiger charge is 2.24. The normalized spacial score (nSPS) is 23.2. The summed E-state index contributed by atoms with van der Waals surface area (Å²) in [6.07, 6.45) is 1.13. The van der Waals surface area contributed by atoms with Gasteiger partial charge in [-0.2, -0.15) is 0 Å². The molecule has 118 valence electrons. The summed E-state index contributed by atoms with van der Waals surface area (Å²) in [5.41, 5.74) is 2.56. The van der Waals surface area contributed by atoms with Gasteiger partial charge in [0.25, 0.3) is 0 Å². The van der Waals surface area contributed by atoms with Crippen LogP contribution >= 0.6 is 0 Å². The number of rotatable bonds is 6. The number of ether oxygens (including phenoxy) is 2. The van der Waals surface area contributed by atoms with Crippen LogP contribution in [0.4, 0.5) is 0 Å². The minimum Gasteiger partial charge on any atom is -0.494 e. The second-order valence-corrected chi connectivity index (χ2v) is 5.96. The average Bonchev–Trinajstić information content (AvgIpc) is 2.46. The monoisotopic (exact) mass is 293 g/mol. The molecule has 0 amide bonds. The van der Waals surface area contributed by atoms with E-state index in [-0.39, 0.29) is 18.8 Å². The van der Waals surface area contributed by atoms with Crippen LogP contribution in [0.3, 0.4) is 0 Å². The second kappa shape index (κ2) is 7.78. The Morgan fingerprint density at radius 1 is 1.29 bits per heavy atom. The Morgan fingerprint density at radius 2 is 2.10 bits per heavy atom. The molecule has 2 unspecified atom stereocenters. The van der Waals surface area contributed by atoms with Crippen LogP contribution in [-0.4, -0.2) is 55.1 Å². The Hall–Kier alpha value is -1.10. The molecule has 0 aromatic heterocycles. The van der Waals surface area contributed by atoms with Crippen molar-refractivity contribution >= 4 is 0 Å². The summed E-state index contributed by atoms with van der Waals surface area (Å²) in [5.74, 6) is 0.946. The van der Waals surface area contributed by atoms with Gasteiger partial charge >= 0.3 is 0 Å². The molecule has 1 fully saturated rings. The number of morpholine rings is 1. The fraction of sp³-hybridized carbons (Fsp3) is 0.647. The molecule has 0 radical (unpaired) electrons. The van der Waals surface area contributed by atoms with Gasteiger partial charge in [-0.15, -0.1) is 0 Å². The first-order chi connectivity index (χ1) is 10.1. The SMILES string of the molecule is Cc1ccc(OCCCN2CC(C)OC(CO)C2)cc1C. The summed E-state index contributed by atoms with van der Waals surface area (Å²) < 4.78 is 11.4. The lowest BCUT2D eigenvalue weighted by molar-refractivity contribution is -0.0955. The third kappa shape index (κ3) is 4.99. The molecule has 1 aliphatic heterocycles. The number of benzene rings is 1. The topological polar surface area (TPSA) is 41.9 Å². The molecule has 1 heterocycles. The summed E-state index contributed by atoms with van der Waals surface area (Å²) in [6.45, 7) is 9.81. The maximum absolute atomic E-state index is 9.22. The van der Waals surface area contributed by atoms with Crippen LogP contribution in [0.5, 0.6) is 5.75 Å². The van der Waals surface area contributed by atoms with Gasteiger partial charge in [0, 0.05) is 19.6 Å². The largest absolute Gasteiger partial charge is 0.494 e. The third-order valence-electron chi connectivity index (χ3n) is 3.97. The summed E-state index contributed by atoms with van der Waals surface area (Å²) in [6, 6.07) is 6.22. The van der Waals surface area contributed by atoms with Crippen LogP contribution in [0, 0.1) is 13.8 Å². The Labute approximate surface area is 127 Å². The van der Waals surface area contributed by atoms with Gasteiger partial charge in [0.2, 0.25) is 0 Å². The number of hydrogen-bond acceptors (Lipinski definition) is 4. The number of aliphatic hydroxyl groups excluding tert-OH is 1. The lowest BCUT2D eigenvalue weighted by Crippen LogP contribution is -2.48. The second-order valence-electron chi connectivity index (χ2n) is 5.96. The van der Waals surface area contributed by atoms with E-state index in [0.717, 1.165) is 38.4 Å². The van der Waals surface area contributed by atoms with Crippen molar-refractivity contribution in [2.45, 2.75) is 39.4 Å². The zero-order valence-corrected chi connectivity index (χ0v) is 13.3. The number of nitrogens with zero attached hydrogens (tertiary/aromatic N) is 1. The highest BCUT2D eigenvalue weighted by Crippen LogP contribution is 2.17. The third-order valence-corrected chi connectivity index (χ3v) is 3.97. The van der Waals surface area contributed by atoms with Gasteiger partial charge in [-0.25, -0.2) is 0 Å². The smallest absolute Gasteiger partial charge is 0.119 e. The Morgan fingerprint density at radius 3 is 2.81 bits per heavy atom. The molecule has 0 spiro atoms. The van der Waals surface area contributed by atoms with E-state index in [9.17, 15) is 5.11 Å². The van der Waals surface area contributed by atoms with E-state index in [0.29, 0.717) is 0 Å². The van der Waals surface area contributed by atoms with E-state index in [1.165, 1.54) is 11.1 Å². The van der Waals surface area contributed by atoms with Gasteiger partial charge in [-0.05, 0) is 50.5 Å². The van der Waals surface area contributed by atoms with Gasteiger partial charge in [0.05, 0.1) is 25.4 Å². The summed E-state index contributed by atoms with van der Waals surface area (Å²) in [4.78, 5) is 2.35. The van der Waals surface area contributed by atoms with Crippen molar-refractivity contribution in [3.05, 3.63) is 29.3 Å². The predicted molar refractivity (Wildman–Crippen MR) is 83.9 cm³/mol. The van der Waals surface area contributed by atoms with Gasteiger partial charge in [0.1, 0.15) is 5.75 Å². The van der Waals surface area contributed by atoms with Crippen molar-refractivity contribution in [3.8, 4) is 5.75 Å². The highest BCUT2D eigenvalue weighted by atomic mass is 16.5. The van der Waals surface area contributed by atoms with E-state index >= 15 is 0 Å². The minimum absolute atomic E-state index is 0.0468. The number of aryl methyl sites for hydroxylation is 2. The molecule has 0 saturated carbocycles. The Bertz CT molecular complexity index is 450. The predicted octanol–water partition coefficient (Wildman–Crippen LogP) is 2.15. The summed E-state index contributed by atoms with van der Waals surface area (Å²) in [5, 5.41) is 9.22. The van der Waals surface area contributed by atoms with E-state index in [2.05, 4.69) is 37.8 Å². The van der Waals surface area contributed by atoms with E-state index in [1.54, 1.807) is 0 Å². The van der Waals surface area contributed by atoms with Crippen molar-refractivity contribution in [1.29, 1.82) is 0 Å². The first-order valence-electron chi connectivity index (χ1n) is 7.77. The van der Waals surface area contributed by atoms with E-state index < -0.39 is 0 Å². The van der Waals surface area contributed by atoms with Crippen molar-refractivity contribution in [2.24, 2.45) is 0 Å². The summed E-state index contributed by atoms with van der Waals surface area (Å²) in [7, 11) is 0. The fourth-order valence-electron chi connectivity index (χ4n) is 2.71. The van der Waals surface area contributed by atoms with E-state index in [4.69, 9.17) is 9.47 Å². The van der Waals surface area contributed by atoms with Crippen LogP contribution in [0.1, 0.15) is 24.5 Å². The zero-order chi connectivity index (χ0) is 15.2. The average molecular weight is 293 g/mol. The maximum atomic E-state index is 9.22. The van der Waals surface area contributed by atoms with Crippen LogP contribution in [0.25, 0.3) is 0 Å². The van der Waals surface area contributed by atoms with Crippen molar-refractivity contribution in [2.75, 3.05) is 32.8 Å². The molecular weight excluding hydrogens is 266 g/mol. The Balaban J connectivity index is 1.70. The molecule has 1 aromatic carbocycles. The van der Waals surface area contributed by atoms with Crippen LogP contribution in [0.15, 0.2) is 18.2 Å². The molecule has 1 aliphatic rings. The van der Waals surface area contributed by atoms with Crippen LogP contribution in [0.2, 0.25) is 0 Å². The van der Waals surface area contributed by atoms with Gasteiger partial charge in [-0.1, -0.05) is 6.07 Å². The number of hydrogen-bond donors (Lipinski definition) is 1. The van der Waals surface area contributed by atoms with Gasteiger partial charge in [-0.3, -0.25) is 4.90 Å². The first kappa shape index (κ1) is 16.3. The van der Waals surface area contributed by atoms with E-state index in [1.807, 2.05) is 6.07 Å². The lowest BCUT2D eigenvalue weighted by atomic mass is 10.1. The molecule has 2 rings (SSSR count). The molecule has 21 heavy (non-hydrogen) atoms. The molecule has 4 heteroatoms. The van der Waals surface area contributed by atoms with Gasteiger partial charge < -0.3 is 14.6 Å². The maximum Gasteiger partial charge on any atom is 0.119 e. The fourth-order valence-corrected chi connectivity index (χ4v) is 2.71. The molecule has 2 atom stereocenters. The first-order valence-corrected chi connectivity index (χ1v) is 7.77. The highest BCUT2D eigenvalue weighted by molar-refractivity contribution is 5.33. The van der Waals surface area contributed by atoms with Crippen LogP contribution in [-0.2, 0) is 4.74 Å². The van der Waals surface area contributed by atoms with Crippen molar-refractivity contribution in [3.63, 3.8) is 0 Å². The molecule has 0 bridgehead atoms. The molecule has 4 nitrogen and oxygen atoms in total. The number of aliphatic hydroxyl groups is 1. The molecule has 1 aromatic rings. The van der Waals surface area contributed by atoms with Crippen molar-refractivity contribution < 1.29 is 14.6 Å². The molecule has 1 N–H and O–H groups in total. The lowest BCUT2D eigenvalue weighted by Gasteiger charge is -2.36. The molecular formula is C17H27NO3.